The summed E-state index contributed by atoms with van der Waals surface area (Å²) in [5.41, 5.74) is 0.808. The normalized spacial score (nSPS) is 15.3. The van der Waals surface area contributed by atoms with Crippen LogP contribution in [0, 0.1) is 11.8 Å². The van der Waals surface area contributed by atoms with Gasteiger partial charge in [-0.1, -0.05) is 11.8 Å². The van der Waals surface area contributed by atoms with Crippen LogP contribution in [0.1, 0.15) is 17.4 Å². The van der Waals surface area contributed by atoms with E-state index in [0.29, 0.717) is 26.2 Å². The third-order valence-electron chi connectivity index (χ3n) is 3.16. The summed E-state index contributed by atoms with van der Waals surface area (Å²) in [6.07, 6.45) is 0. The van der Waals surface area contributed by atoms with E-state index in [1.807, 2.05) is 18.4 Å². The van der Waals surface area contributed by atoms with Crippen molar-refractivity contribution in [3.05, 3.63) is 21.9 Å². The number of hydrogen-bond acceptors (Lipinski definition) is 4. The van der Waals surface area contributed by atoms with E-state index >= 15 is 0 Å². The minimum Gasteiger partial charge on any atom is -0.384 e. The van der Waals surface area contributed by atoms with Crippen molar-refractivity contribution in [2.45, 2.75) is 13.5 Å². The van der Waals surface area contributed by atoms with Crippen LogP contribution in [0.15, 0.2) is 11.4 Å². The molecule has 1 aliphatic rings. The Bertz CT molecular complexity index is 570. The van der Waals surface area contributed by atoms with Crippen molar-refractivity contribution in [3.63, 3.8) is 0 Å². The van der Waals surface area contributed by atoms with E-state index in [0.717, 1.165) is 10.4 Å². The molecule has 1 fully saturated rings. The number of likely N-dealkylation sites (N-methyl/N-ethyl adjacent to an activating group) is 1. The second kappa shape index (κ2) is 6.55. The number of aliphatic hydroxyl groups is 1. The van der Waals surface area contributed by atoms with Gasteiger partial charge in [0.25, 0.3) is 0 Å². The fraction of sp³-hybridized carbons (Fsp3) is 0.429. The quantitative estimate of drug-likeness (QED) is 0.643. The topological polar surface area (TPSA) is 60.9 Å². The summed E-state index contributed by atoms with van der Waals surface area (Å²) in [6.45, 7) is 3.75. The van der Waals surface area contributed by atoms with Crippen molar-refractivity contribution in [3.8, 4) is 11.8 Å². The zero-order valence-electron chi connectivity index (χ0n) is 11.3. The second-order valence-corrected chi connectivity index (χ2v) is 5.33. The van der Waals surface area contributed by atoms with Gasteiger partial charge in [-0.3, -0.25) is 9.59 Å². The van der Waals surface area contributed by atoms with Gasteiger partial charge in [0.2, 0.25) is 0 Å². The molecule has 2 heterocycles. The largest absolute Gasteiger partial charge is 0.384 e. The number of hydrogen-bond donors (Lipinski definition) is 1. The Morgan fingerprint density at radius 3 is 2.70 bits per heavy atom. The van der Waals surface area contributed by atoms with Crippen LogP contribution in [0.3, 0.4) is 0 Å². The molecule has 0 radical (unpaired) electrons. The van der Waals surface area contributed by atoms with E-state index in [1.54, 1.807) is 9.80 Å². The predicted octanol–water partition coefficient (Wildman–Crippen LogP) is 0.283. The summed E-state index contributed by atoms with van der Waals surface area (Å²) in [5.74, 6) is 4.57. The second-order valence-electron chi connectivity index (χ2n) is 4.33. The highest BCUT2D eigenvalue weighted by Crippen LogP contribution is 2.19. The van der Waals surface area contributed by atoms with Gasteiger partial charge in [-0.05, 0) is 18.4 Å². The molecule has 1 aromatic heterocycles. The first-order valence-corrected chi connectivity index (χ1v) is 7.29. The van der Waals surface area contributed by atoms with Crippen LogP contribution in [0.4, 0.5) is 0 Å². The van der Waals surface area contributed by atoms with E-state index < -0.39 is 11.8 Å². The lowest BCUT2D eigenvalue weighted by atomic mass is 10.2. The summed E-state index contributed by atoms with van der Waals surface area (Å²) in [6, 6.07) is 1.86. The van der Waals surface area contributed by atoms with Gasteiger partial charge >= 0.3 is 11.8 Å². The first-order chi connectivity index (χ1) is 9.67. The van der Waals surface area contributed by atoms with Gasteiger partial charge in [-0.2, -0.15) is 0 Å². The Hall–Kier alpha value is -1.84. The smallest absolute Gasteiger partial charge is 0.312 e. The van der Waals surface area contributed by atoms with Crippen molar-refractivity contribution in [1.29, 1.82) is 0 Å². The lowest BCUT2D eigenvalue weighted by Crippen LogP contribution is -2.53. The van der Waals surface area contributed by atoms with Gasteiger partial charge in [-0.25, -0.2) is 0 Å². The molecule has 0 aliphatic carbocycles. The van der Waals surface area contributed by atoms with E-state index in [4.69, 9.17) is 5.11 Å². The van der Waals surface area contributed by atoms with E-state index in [-0.39, 0.29) is 6.61 Å². The minimum absolute atomic E-state index is 0.193. The number of aliphatic hydroxyl groups excluding tert-OH is 1. The maximum atomic E-state index is 12.0. The van der Waals surface area contributed by atoms with E-state index in [1.165, 1.54) is 11.3 Å². The highest BCUT2D eigenvalue weighted by Gasteiger charge is 2.31. The number of carbonyl (C=O) groups is 2. The maximum absolute atomic E-state index is 12.0. The molecule has 0 bridgehead atoms. The zero-order valence-corrected chi connectivity index (χ0v) is 12.1. The lowest BCUT2D eigenvalue weighted by molar-refractivity contribution is -0.156. The molecule has 0 aromatic carbocycles. The average Bonchev–Trinajstić information content (AvgIpc) is 2.89. The summed E-state index contributed by atoms with van der Waals surface area (Å²) in [4.78, 5) is 27.9. The standard InChI is InChI=1S/C14H16N2O3S/c1-2-15-6-7-16(14(19)13(15)18)10-12-11(4-3-8-17)5-9-20-12/h5,9,17H,2,6-8,10H2,1H3. The van der Waals surface area contributed by atoms with Crippen LogP contribution in [0.5, 0.6) is 0 Å². The van der Waals surface area contributed by atoms with Crippen LogP contribution in [-0.2, 0) is 16.1 Å². The molecule has 1 N–H and O–H groups in total. The molecular weight excluding hydrogens is 276 g/mol. The van der Waals surface area contributed by atoms with Gasteiger partial charge in [0.05, 0.1) is 6.54 Å². The van der Waals surface area contributed by atoms with Crippen molar-refractivity contribution in [1.82, 2.24) is 9.80 Å². The molecule has 1 aliphatic heterocycles. The van der Waals surface area contributed by atoms with Crippen LogP contribution in [-0.4, -0.2) is 53.0 Å². The molecule has 0 saturated carbocycles. The summed E-state index contributed by atoms with van der Waals surface area (Å²) in [7, 11) is 0. The first-order valence-electron chi connectivity index (χ1n) is 6.41. The molecular formula is C14H16N2O3S. The summed E-state index contributed by atoms with van der Waals surface area (Å²) < 4.78 is 0. The van der Waals surface area contributed by atoms with Crippen molar-refractivity contribution < 1.29 is 14.7 Å². The fourth-order valence-corrected chi connectivity index (χ4v) is 2.89. The maximum Gasteiger partial charge on any atom is 0.312 e. The van der Waals surface area contributed by atoms with E-state index in [2.05, 4.69) is 11.8 Å². The Labute approximate surface area is 121 Å². The third-order valence-corrected chi connectivity index (χ3v) is 4.07. The van der Waals surface area contributed by atoms with Gasteiger partial charge in [-0.15, -0.1) is 11.3 Å². The SMILES string of the molecule is CCN1CCN(Cc2sccc2C#CCO)C(=O)C1=O. The third kappa shape index (κ3) is 3.00. The Morgan fingerprint density at radius 2 is 2.00 bits per heavy atom. The van der Waals surface area contributed by atoms with E-state index in [9.17, 15) is 9.59 Å². The molecule has 1 saturated heterocycles. The molecule has 106 valence electrons. The molecule has 1 aromatic rings. The molecule has 2 rings (SSSR count). The first kappa shape index (κ1) is 14.6. The van der Waals surface area contributed by atoms with Gasteiger partial charge in [0, 0.05) is 30.1 Å². The highest BCUT2D eigenvalue weighted by molar-refractivity contribution is 7.10. The van der Waals surface area contributed by atoms with Crippen LogP contribution in [0.2, 0.25) is 0 Å². The summed E-state index contributed by atoms with van der Waals surface area (Å²) in [5, 5.41) is 10.6. The molecule has 5 nitrogen and oxygen atoms in total. The van der Waals surface area contributed by atoms with Gasteiger partial charge in [0.1, 0.15) is 6.61 Å². The minimum atomic E-state index is -0.451. The Morgan fingerprint density at radius 1 is 1.30 bits per heavy atom. The predicted molar refractivity (Wildman–Crippen MR) is 76.0 cm³/mol. The molecule has 6 heteroatoms. The van der Waals surface area contributed by atoms with Crippen LogP contribution in [0.25, 0.3) is 0 Å². The van der Waals surface area contributed by atoms with Crippen molar-refractivity contribution in [2.75, 3.05) is 26.2 Å². The average molecular weight is 292 g/mol. The highest BCUT2D eigenvalue weighted by atomic mass is 32.1. The lowest BCUT2D eigenvalue weighted by Gasteiger charge is -2.32. The molecule has 20 heavy (non-hydrogen) atoms. The number of amides is 2. The van der Waals surface area contributed by atoms with Crippen molar-refractivity contribution >= 4 is 23.2 Å². The Balaban J connectivity index is 2.09. The molecule has 0 unspecified atom stereocenters. The fourth-order valence-electron chi connectivity index (χ4n) is 2.05. The summed E-state index contributed by atoms with van der Waals surface area (Å²) >= 11 is 1.50. The number of carbonyl (C=O) groups excluding carboxylic acids is 2. The van der Waals surface area contributed by atoms with Crippen LogP contribution >= 0.6 is 11.3 Å². The van der Waals surface area contributed by atoms with Gasteiger partial charge in [0.15, 0.2) is 0 Å². The molecule has 0 atom stereocenters. The van der Waals surface area contributed by atoms with Crippen molar-refractivity contribution in [2.24, 2.45) is 0 Å². The van der Waals surface area contributed by atoms with Crippen LogP contribution < -0.4 is 0 Å². The molecule has 0 spiro atoms. The monoisotopic (exact) mass is 292 g/mol. The number of rotatable bonds is 3. The number of nitrogens with zero attached hydrogens (tertiary/aromatic N) is 2. The zero-order chi connectivity index (χ0) is 14.5. The Kier molecular flexibility index (Phi) is 4.77. The number of thiophene rings is 1. The number of piperazine rings is 1. The molecule has 2 amide bonds. The van der Waals surface area contributed by atoms with Gasteiger partial charge < -0.3 is 14.9 Å².